The summed E-state index contributed by atoms with van der Waals surface area (Å²) in [7, 11) is 0. The standard InChI is InChI=1S/C13H17NO2/c1-13(4-5-13)14-9-10-2-3-11-12(8-10)16-7-6-15-11/h2-3,8,14H,4-7,9H2,1H3. The Morgan fingerprint density at radius 2 is 1.94 bits per heavy atom. The molecule has 1 saturated carbocycles. The summed E-state index contributed by atoms with van der Waals surface area (Å²) in [5, 5.41) is 3.56. The van der Waals surface area contributed by atoms with Crippen LogP contribution < -0.4 is 14.8 Å². The Morgan fingerprint density at radius 1 is 1.19 bits per heavy atom. The molecule has 16 heavy (non-hydrogen) atoms. The van der Waals surface area contributed by atoms with Crippen molar-refractivity contribution >= 4 is 0 Å². The van der Waals surface area contributed by atoms with E-state index in [0.29, 0.717) is 18.8 Å². The lowest BCUT2D eigenvalue weighted by Crippen LogP contribution is -2.27. The maximum Gasteiger partial charge on any atom is 0.161 e. The molecule has 1 aliphatic heterocycles. The second-order valence-electron chi connectivity index (χ2n) is 4.89. The van der Waals surface area contributed by atoms with Gasteiger partial charge in [0.2, 0.25) is 0 Å². The predicted molar refractivity (Wildman–Crippen MR) is 61.9 cm³/mol. The molecular formula is C13H17NO2. The first-order chi connectivity index (χ1) is 7.75. The van der Waals surface area contributed by atoms with Crippen LogP contribution in [0.3, 0.4) is 0 Å². The molecular weight excluding hydrogens is 202 g/mol. The van der Waals surface area contributed by atoms with Gasteiger partial charge in [0.15, 0.2) is 11.5 Å². The van der Waals surface area contributed by atoms with E-state index in [1.165, 1.54) is 18.4 Å². The molecule has 0 amide bonds. The van der Waals surface area contributed by atoms with Gasteiger partial charge in [-0.15, -0.1) is 0 Å². The largest absolute Gasteiger partial charge is 0.486 e. The fraction of sp³-hybridized carbons (Fsp3) is 0.538. The first-order valence-electron chi connectivity index (χ1n) is 5.89. The minimum atomic E-state index is 0.382. The number of benzene rings is 1. The number of hydrogen-bond acceptors (Lipinski definition) is 3. The van der Waals surface area contributed by atoms with Crippen molar-refractivity contribution in [3.8, 4) is 11.5 Å². The van der Waals surface area contributed by atoms with Crippen LogP contribution in [0.25, 0.3) is 0 Å². The lowest BCUT2D eigenvalue weighted by molar-refractivity contribution is 0.171. The summed E-state index contributed by atoms with van der Waals surface area (Å²) in [5.41, 5.74) is 1.64. The lowest BCUT2D eigenvalue weighted by Gasteiger charge is -2.19. The summed E-state index contributed by atoms with van der Waals surface area (Å²) in [6.45, 7) is 4.49. The lowest BCUT2D eigenvalue weighted by atomic mass is 10.2. The molecule has 1 aromatic carbocycles. The molecule has 0 aromatic heterocycles. The number of nitrogens with one attached hydrogen (secondary N) is 1. The van der Waals surface area contributed by atoms with Crippen LogP contribution in [0.2, 0.25) is 0 Å². The highest BCUT2D eigenvalue weighted by molar-refractivity contribution is 5.43. The Balaban J connectivity index is 1.70. The molecule has 3 heteroatoms. The number of rotatable bonds is 3. The Hall–Kier alpha value is -1.22. The highest BCUT2D eigenvalue weighted by Gasteiger charge is 2.36. The van der Waals surface area contributed by atoms with Gasteiger partial charge >= 0.3 is 0 Å². The summed E-state index contributed by atoms with van der Waals surface area (Å²) in [5.74, 6) is 1.75. The van der Waals surface area contributed by atoms with Gasteiger partial charge in [-0.3, -0.25) is 0 Å². The van der Waals surface area contributed by atoms with Gasteiger partial charge in [-0.1, -0.05) is 6.07 Å². The van der Waals surface area contributed by atoms with Crippen molar-refractivity contribution in [1.82, 2.24) is 5.32 Å². The minimum Gasteiger partial charge on any atom is -0.486 e. The van der Waals surface area contributed by atoms with Gasteiger partial charge < -0.3 is 14.8 Å². The zero-order valence-corrected chi connectivity index (χ0v) is 9.58. The Labute approximate surface area is 95.8 Å². The monoisotopic (exact) mass is 219 g/mol. The quantitative estimate of drug-likeness (QED) is 0.844. The molecule has 0 spiro atoms. The van der Waals surface area contributed by atoms with E-state index in [0.717, 1.165) is 18.0 Å². The van der Waals surface area contributed by atoms with E-state index < -0.39 is 0 Å². The molecule has 0 saturated heterocycles. The van der Waals surface area contributed by atoms with Crippen molar-refractivity contribution < 1.29 is 9.47 Å². The summed E-state index contributed by atoms with van der Waals surface area (Å²) in [6, 6.07) is 6.18. The Kier molecular flexibility index (Phi) is 2.28. The number of ether oxygens (including phenoxy) is 2. The van der Waals surface area contributed by atoms with E-state index >= 15 is 0 Å². The van der Waals surface area contributed by atoms with E-state index in [1.54, 1.807) is 0 Å². The highest BCUT2D eigenvalue weighted by atomic mass is 16.6. The second kappa shape index (κ2) is 3.67. The molecule has 1 heterocycles. The van der Waals surface area contributed by atoms with Gasteiger partial charge in [-0.05, 0) is 37.5 Å². The van der Waals surface area contributed by atoms with Crippen LogP contribution in [0.5, 0.6) is 11.5 Å². The summed E-state index contributed by atoms with van der Waals surface area (Å²) in [6.07, 6.45) is 2.58. The fourth-order valence-corrected chi connectivity index (χ4v) is 1.88. The maximum absolute atomic E-state index is 5.56. The minimum absolute atomic E-state index is 0.382. The van der Waals surface area contributed by atoms with Crippen molar-refractivity contribution in [2.75, 3.05) is 13.2 Å². The molecule has 3 nitrogen and oxygen atoms in total. The van der Waals surface area contributed by atoms with Crippen LogP contribution in [0.1, 0.15) is 25.3 Å². The summed E-state index contributed by atoms with van der Waals surface area (Å²) in [4.78, 5) is 0. The average Bonchev–Trinajstić information content (AvgIpc) is 3.05. The molecule has 1 N–H and O–H groups in total. The number of fused-ring (bicyclic) bond motifs is 1. The van der Waals surface area contributed by atoms with Gasteiger partial charge in [0.1, 0.15) is 13.2 Å². The van der Waals surface area contributed by atoms with Gasteiger partial charge in [-0.2, -0.15) is 0 Å². The van der Waals surface area contributed by atoms with Crippen LogP contribution in [0.4, 0.5) is 0 Å². The summed E-state index contributed by atoms with van der Waals surface area (Å²) >= 11 is 0. The predicted octanol–water partition coefficient (Wildman–Crippen LogP) is 2.10. The molecule has 1 aromatic rings. The van der Waals surface area contributed by atoms with Crippen molar-refractivity contribution in [3.05, 3.63) is 23.8 Å². The van der Waals surface area contributed by atoms with Crippen LogP contribution in [-0.2, 0) is 6.54 Å². The van der Waals surface area contributed by atoms with Gasteiger partial charge in [-0.25, -0.2) is 0 Å². The zero-order chi connectivity index (χ0) is 11.0. The average molecular weight is 219 g/mol. The molecule has 0 unspecified atom stereocenters. The molecule has 1 fully saturated rings. The van der Waals surface area contributed by atoms with E-state index in [1.807, 2.05) is 6.07 Å². The Morgan fingerprint density at radius 3 is 2.69 bits per heavy atom. The first-order valence-corrected chi connectivity index (χ1v) is 5.89. The van der Waals surface area contributed by atoms with Gasteiger partial charge in [0.05, 0.1) is 0 Å². The van der Waals surface area contributed by atoms with Crippen LogP contribution in [0.15, 0.2) is 18.2 Å². The van der Waals surface area contributed by atoms with Crippen molar-refractivity contribution in [1.29, 1.82) is 0 Å². The third kappa shape index (κ3) is 2.00. The zero-order valence-electron chi connectivity index (χ0n) is 9.58. The van der Waals surface area contributed by atoms with E-state index in [2.05, 4.69) is 24.4 Å². The molecule has 3 rings (SSSR count). The number of hydrogen-bond donors (Lipinski definition) is 1. The Bertz CT molecular complexity index is 399. The molecule has 86 valence electrons. The van der Waals surface area contributed by atoms with Crippen molar-refractivity contribution in [3.63, 3.8) is 0 Å². The fourth-order valence-electron chi connectivity index (χ4n) is 1.88. The molecule has 1 aliphatic carbocycles. The van der Waals surface area contributed by atoms with Crippen molar-refractivity contribution in [2.24, 2.45) is 0 Å². The van der Waals surface area contributed by atoms with E-state index in [9.17, 15) is 0 Å². The SMILES string of the molecule is CC1(NCc2ccc3c(c2)OCCO3)CC1. The topological polar surface area (TPSA) is 30.5 Å². The maximum atomic E-state index is 5.56. The molecule has 0 radical (unpaired) electrons. The van der Waals surface area contributed by atoms with Crippen LogP contribution >= 0.6 is 0 Å². The third-order valence-electron chi connectivity index (χ3n) is 3.33. The molecule has 0 atom stereocenters. The first kappa shape index (κ1) is 9.97. The summed E-state index contributed by atoms with van der Waals surface area (Å²) < 4.78 is 11.0. The van der Waals surface area contributed by atoms with Gasteiger partial charge in [0, 0.05) is 12.1 Å². The van der Waals surface area contributed by atoms with Gasteiger partial charge in [0.25, 0.3) is 0 Å². The van der Waals surface area contributed by atoms with E-state index in [-0.39, 0.29) is 0 Å². The van der Waals surface area contributed by atoms with E-state index in [4.69, 9.17) is 9.47 Å². The normalized spacial score (nSPS) is 20.6. The van der Waals surface area contributed by atoms with Crippen molar-refractivity contribution in [2.45, 2.75) is 31.8 Å². The second-order valence-corrected chi connectivity index (χ2v) is 4.89. The highest BCUT2D eigenvalue weighted by Crippen LogP contribution is 2.35. The van der Waals surface area contributed by atoms with Crippen LogP contribution in [-0.4, -0.2) is 18.8 Å². The van der Waals surface area contributed by atoms with Crippen LogP contribution in [0, 0.1) is 0 Å². The third-order valence-corrected chi connectivity index (χ3v) is 3.33. The smallest absolute Gasteiger partial charge is 0.161 e. The molecule has 2 aliphatic rings. The molecule has 0 bridgehead atoms.